The Bertz CT molecular complexity index is 1110. The predicted octanol–water partition coefficient (Wildman–Crippen LogP) is 4.13. The van der Waals surface area contributed by atoms with Crippen molar-refractivity contribution in [3.05, 3.63) is 80.1 Å². The highest BCUT2D eigenvalue weighted by Crippen LogP contribution is 2.23. The average molecular weight is 442 g/mol. The Morgan fingerprint density at radius 1 is 1.13 bits per heavy atom. The van der Waals surface area contributed by atoms with Gasteiger partial charge in [0.15, 0.2) is 0 Å². The van der Waals surface area contributed by atoms with Gasteiger partial charge in [-0.3, -0.25) is 14.9 Å². The summed E-state index contributed by atoms with van der Waals surface area (Å²) in [7, 11) is 0. The quantitative estimate of drug-likeness (QED) is 0.311. The van der Waals surface area contributed by atoms with Crippen LogP contribution in [0.4, 0.5) is 11.4 Å². The van der Waals surface area contributed by atoms with Crippen molar-refractivity contribution in [3.63, 3.8) is 0 Å². The molecule has 0 bridgehead atoms. The molecule has 1 aromatic heterocycles. The van der Waals surface area contributed by atoms with Crippen LogP contribution >= 0.6 is 11.6 Å². The van der Waals surface area contributed by atoms with Gasteiger partial charge in [-0.1, -0.05) is 17.7 Å². The number of anilines is 1. The van der Waals surface area contributed by atoms with Gasteiger partial charge < -0.3 is 10.6 Å². The number of nitrogens with zero attached hydrogens (tertiary/aromatic N) is 3. The Labute approximate surface area is 185 Å². The maximum Gasteiger partial charge on any atom is 0.269 e. The molecule has 8 nitrogen and oxygen atoms in total. The maximum atomic E-state index is 12.4. The van der Waals surface area contributed by atoms with Crippen LogP contribution in [0.1, 0.15) is 22.5 Å². The molecular weight excluding hydrogens is 418 g/mol. The van der Waals surface area contributed by atoms with E-state index in [4.69, 9.17) is 11.6 Å². The fourth-order valence-electron chi connectivity index (χ4n) is 3.23. The SMILES string of the molecule is Cc1ccc(-n2nc(C)c(CC(=O)NCCNc3ccc([N+](=O)[O-])cc3)c2C)cc1Cl. The van der Waals surface area contributed by atoms with Gasteiger partial charge in [0.2, 0.25) is 5.91 Å². The smallest absolute Gasteiger partial charge is 0.269 e. The first-order valence-electron chi connectivity index (χ1n) is 9.83. The number of amides is 1. The van der Waals surface area contributed by atoms with E-state index in [1.165, 1.54) is 12.1 Å². The minimum Gasteiger partial charge on any atom is -0.383 e. The molecule has 0 aliphatic carbocycles. The standard InChI is InChI=1S/C22H24ClN5O3/c1-14-4-7-19(12-21(14)23)27-16(3)20(15(2)26-27)13-22(29)25-11-10-24-17-5-8-18(9-6-17)28(30)31/h4-9,12,24H,10-11,13H2,1-3H3,(H,25,29). The van der Waals surface area contributed by atoms with Crippen molar-refractivity contribution < 1.29 is 9.72 Å². The van der Waals surface area contributed by atoms with E-state index in [2.05, 4.69) is 15.7 Å². The molecular formula is C22H24ClN5O3. The number of nitrogens with one attached hydrogen (secondary N) is 2. The molecule has 9 heteroatoms. The number of benzene rings is 2. The highest BCUT2D eigenvalue weighted by Gasteiger charge is 2.16. The highest BCUT2D eigenvalue weighted by molar-refractivity contribution is 6.31. The number of carbonyl (C=O) groups is 1. The van der Waals surface area contributed by atoms with Crippen molar-refractivity contribution in [1.29, 1.82) is 0 Å². The van der Waals surface area contributed by atoms with Gasteiger partial charge >= 0.3 is 0 Å². The first-order chi connectivity index (χ1) is 14.8. The van der Waals surface area contributed by atoms with Crippen LogP contribution in [0.15, 0.2) is 42.5 Å². The number of aryl methyl sites for hydroxylation is 2. The molecule has 0 unspecified atom stereocenters. The second-order valence-electron chi connectivity index (χ2n) is 7.25. The van der Waals surface area contributed by atoms with E-state index in [0.29, 0.717) is 18.1 Å². The molecule has 0 aliphatic heterocycles. The molecule has 31 heavy (non-hydrogen) atoms. The molecule has 0 atom stereocenters. The summed E-state index contributed by atoms with van der Waals surface area (Å²) in [5.74, 6) is -0.0989. The van der Waals surface area contributed by atoms with E-state index in [0.717, 1.165) is 33.9 Å². The summed E-state index contributed by atoms with van der Waals surface area (Å²) in [6, 6.07) is 11.9. The monoisotopic (exact) mass is 441 g/mol. The van der Waals surface area contributed by atoms with Crippen molar-refractivity contribution in [1.82, 2.24) is 15.1 Å². The molecule has 0 fully saturated rings. The third kappa shape index (κ3) is 5.40. The van der Waals surface area contributed by atoms with Gasteiger partial charge in [0.25, 0.3) is 5.69 Å². The van der Waals surface area contributed by atoms with Crippen LogP contribution in [-0.2, 0) is 11.2 Å². The number of hydrogen-bond acceptors (Lipinski definition) is 5. The number of carbonyl (C=O) groups excluding carboxylic acids is 1. The first-order valence-corrected chi connectivity index (χ1v) is 10.2. The second-order valence-corrected chi connectivity index (χ2v) is 7.66. The van der Waals surface area contributed by atoms with Crippen LogP contribution in [0.2, 0.25) is 5.02 Å². The summed E-state index contributed by atoms with van der Waals surface area (Å²) >= 11 is 6.24. The predicted molar refractivity (Wildman–Crippen MR) is 121 cm³/mol. The lowest BCUT2D eigenvalue weighted by atomic mass is 10.1. The van der Waals surface area contributed by atoms with Crippen LogP contribution < -0.4 is 10.6 Å². The topological polar surface area (TPSA) is 102 Å². The van der Waals surface area contributed by atoms with Gasteiger partial charge in [0.05, 0.1) is 22.7 Å². The lowest BCUT2D eigenvalue weighted by Crippen LogP contribution is -2.30. The van der Waals surface area contributed by atoms with Crippen molar-refractivity contribution in [3.8, 4) is 5.69 Å². The van der Waals surface area contributed by atoms with Gasteiger partial charge in [0.1, 0.15) is 0 Å². The molecule has 0 saturated carbocycles. The van der Waals surface area contributed by atoms with Gasteiger partial charge in [0, 0.05) is 47.2 Å². The molecule has 0 saturated heterocycles. The number of nitro benzene ring substituents is 1. The molecule has 2 N–H and O–H groups in total. The number of non-ortho nitro benzene ring substituents is 1. The minimum atomic E-state index is -0.441. The Balaban J connectivity index is 1.55. The lowest BCUT2D eigenvalue weighted by Gasteiger charge is -2.09. The zero-order valence-electron chi connectivity index (χ0n) is 17.6. The van der Waals surface area contributed by atoms with Crippen molar-refractivity contribution in [2.75, 3.05) is 18.4 Å². The summed E-state index contributed by atoms with van der Waals surface area (Å²) < 4.78 is 1.80. The van der Waals surface area contributed by atoms with Crippen LogP contribution in [0, 0.1) is 30.9 Å². The summed E-state index contributed by atoms with van der Waals surface area (Å²) in [5, 5.41) is 21.9. The van der Waals surface area contributed by atoms with Crippen LogP contribution in [0.3, 0.4) is 0 Å². The summed E-state index contributed by atoms with van der Waals surface area (Å²) in [6.45, 7) is 6.70. The molecule has 2 aromatic carbocycles. The maximum absolute atomic E-state index is 12.4. The molecule has 1 amide bonds. The van der Waals surface area contributed by atoms with E-state index in [1.807, 2.05) is 39.0 Å². The molecule has 0 spiro atoms. The number of rotatable bonds is 8. The lowest BCUT2D eigenvalue weighted by molar-refractivity contribution is -0.384. The molecule has 3 rings (SSSR count). The zero-order valence-corrected chi connectivity index (χ0v) is 18.4. The third-order valence-corrected chi connectivity index (χ3v) is 5.44. The molecule has 0 aliphatic rings. The minimum absolute atomic E-state index is 0.0399. The molecule has 3 aromatic rings. The van der Waals surface area contributed by atoms with Gasteiger partial charge in [-0.05, 0) is 50.6 Å². The zero-order chi connectivity index (χ0) is 22.5. The van der Waals surface area contributed by atoms with E-state index in [1.54, 1.807) is 16.8 Å². The molecule has 162 valence electrons. The van der Waals surface area contributed by atoms with E-state index < -0.39 is 4.92 Å². The Morgan fingerprint density at radius 2 is 1.84 bits per heavy atom. The van der Waals surface area contributed by atoms with Gasteiger partial charge in [-0.15, -0.1) is 0 Å². The van der Waals surface area contributed by atoms with E-state index in [9.17, 15) is 14.9 Å². The Morgan fingerprint density at radius 3 is 2.48 bits per heavy atom. The highest BCUT2D eigenvalue weighted by atomic mass is 35.5. The number of nitro groups is 1. The first kappa shape index (κ1) is 22.3. The second kappa shape index (κ2) is 9.61. The molecule has 1 heterocycles. The van der Waals surface area contributed by atoms with Gasteiger partial charge in [-0.2, -0.15) is 5.10 Å². The number of aromatic nitrogens is 2. The normalized spacial score (nSPS) is 10.7. The van der Waals surface area contributed by atoms with Crippen LogP contribution in [0.5, 0.6) is 0 Å². The Hall–Kier alpha value is -3.39. The van der Waals surface area contributed by atoms with Crippen molar-refractivity contribution >= 4 is 28.9 Å². The summed E-state index contributed by atoms with van der Waals surface area (Å²) in [6.07, 6.45) is 0.231. The van der Waals surface area contributed by atoms with Gasteiger partial charge in [-0.25, -0.2) is 4.68 Å². The fraction of sp³-hybridized carbons (Fsp3) is 0.273. The van der Waals surface area contributed by atoms with Crippen molar-refractivity contribution in [2.24, 2.45) is 0 Å². The third-order valence-electron chi connectivity index (χ3n) is 5.03. The number of hydrogen-bond donors (Lipinski definition) is 2. The molecule has 0 radical (unpaired) electrons. The summed E-state index contributed by atoms with van der Waals surface area (Å²) in [4.78, 5) is 22.7. The largest absolute Gasteiger partial charge is 0.383 e. The fourth-order valence-corrected chi connectivity index (χ4v) is 3.40. The van der Waals surface area contributed by atoms with E-state index >= 15 is 0 Å². The van der Waals surface area contributed by atoms with Crippen LogP contribution in [0.25, 0.3) is 5.69 Å². The summed E-state index contributed by atoms with van der Waals surface area (Å²) in [5.41, 5.74) is 5.23. The van der Waals surface area contributed by atoms with Crippen LogP contribution in [-0.4, -0.2) is 33.7 Å². The number of halogens is 1. The Kier molecular flexibility index (Phi) is 6.91. The van der Waals surface area contributed by atoms with E-state index in [-0.39, 0.29) is 18.0 Å². The average Bonchev–Trinajstić information content (AvgIpc) is 3.02. The van der Waals surface area contributed by atoms with Crippen molar-refractivity contribution in [2.45, 2.75) is 27.2 Å².